The van der Waals surface area contributed by atoms with Crippen molar-refractivity contribution >= 4 is 29.9 Å². The minimum atomic E-state index is -0.456. The molecule has 0 radical (unpaired) electrons. The lowest BCUT2D eigenvalue weighted by atomic mass is 9.96. The van der Waals surface area contributed by atoms with E-state index in [9.17, 15) is 5.11 Å². The maximum Gasteiger partial charge on any atom is 0.191 e. The van der Waals surface area contributed by atoms with Gasteiger partial charge >= 0.3 is 0 Å². The Bertz CT molecular complexity index is 672. The highest BCUT2D eigenvalue weighted by atomic mass is 127. The average Bonchev–Trinajstić information content (AvgIpc) is 3.29. The van der Waals surface area contributed by atoms with Crippen LogP contribution in [0.25, 0.3) is 0 Å². The lowest BCUT2D eigenvalue weighted by molar-refractivity contribution is 0.0991. The quantitative estimate of drug-likeness (QED) is 0.317. The predicted octanol–water partition coefficient (Wildman–Crippen LogP) is 1.90. The molecule has 3 aliphatic heterocycles. The van der Waals surface area contributed by atoms with Gasteiger partial charge in [-0.1, -0.05) is 24.3 Å². The molecule has 4 unspecified atom stereocenters. The zero-order chi connectivity index (χ0) is 18.6. The molecule has 28 heavy (non-hydrogen) atoms. The number of aliphatic hydroxyl groups excluding tert-OH is 1. The Hall–Kier alpha value is -0.900. The number of ether oxygens (including phenoxy) is 1. The Balaban J connectivity index is 0.00000225. The highest BCUT2D eigenvalue weighted by molar-refractivity contribution is 14.0. The Morgan fingerprint density at radius 2 is 2.14 bits per heavy atom. The third kappa shape index (κ3) is 5.37. The number of halogens is 1. The van der Waals surface area contributed by atoms with Crippen LogP contribution < -0.4 is 10.6 Å². The van der Waals surface area contributed by atoms with Crippen LogP contribution in [0.15, 0.2) is 29.3 Å². The molecule has 3 heterocycles. The van der Waals surface area contributed by atoms with Gasteiger partial charge in [0, 0.05) is 26.2 Å². The van der Waals surface area contributed by atoms with Crippen molar-refractivity contribution < 1.29 is 9.84 Å². The molecule has 7 heteroatoms. The van der Waals surface area contributed by atoms with E-state index in [-0.39, 0.29) is 24.0 Å². The van der Waals surface area contributed by atoms with E-state index in [0.29, 0.717) is 31.3 Å². The molecule has 1 aromatic carbocycles. The number of nitrogens with one attached hydrogen (secondary N) is 2. The number of fused-ring (bicyclic) bond motifs is 3. The van der Waals surface area contributed by atoms with E-state index >= 15 is 0 Å². The minimum absolute atomic E-state index is 0. The van der Waals surface area contributed by atoms with Gasteiger partial charge in [0.25, 0.3) is 0 Å². The summed E-state index contributed by atoms with van der Waals surface area (Å²) in [6.07, 6.45) is 4.72. The van der Waals surface area contributed by atoms with Gasteiger partial charge in [0.15, 0.2) is 5.96 Å². The summed E-state index contributed by atoms with van der Waals surface area (Å²) < 4.78 is 5.92. The number of aliphatic imine (C=N–C) groups is 1. The molecule has 2 bridgehead atoms. The van der Waals surface area contributed by atoms with E-state index in [4.69, 9.17) is 4.74 Å². The van der Waals surface area contributed by atoms with Crippen molar-refractivity contribution in [3.63, 3.8) is 0 Å². The minimum Gasteiger partial charge on any atom is -0.390 e. The Kier molecular flexibility index (Phi) is 7.96. The summed E-state index contributed by atoms with van der Waals surface area (Å²) in [5.74, 6) is 0.793. The van der Waals surface area contributed by atoms with Gasteiger partial charge in [0.05, 0.1) is 30.9 Å². The topological polar surface area (TPSA) is 69.1 Å². The van der Waals surface area contributed by atoms with Crippen LogP contribution in [0.2, 0.25) is 0 Å². The van der Waals surface area contributed by atoms with Crippen LogP contribution in [0.5, 0.6) is 0 Å². The van der Waals surface area contributed by atoms with E-state index in [1.807, 2.05) is 0 Å². The monoisotopic (exact) mass is 500 g/mol. The summed E-state index contributed by atoms with van der Waals surface area (Å²) in [5, 5.41) is 17.3. The van der Waals surface area contributed by atoms with Crippen molar-refractivity contribution in [3.8, 4) is 0 Å². The van der Waals surface area contributed by atoms with Gasteiger partial charge in [-0.2, -0.15) is 0 Å². The number of guanidine groups is 1. The van der Waals surface area contributed by atoms with Crippen molar-refractivity contribution in [2.24, 2.45) is 4.99 Å². The SMILES string of the molecule is CCNC(=NCC(O)CN1CCc2ccccc2C1)NC1CC2CCC1O2.I. The predicted molar refractivity (Wildman–Crippen MR) is 122 cm³/mol. The fraction of sp³-hybridized carbons (Fsp3) is 0.667. The second-order valence-electron chi connectivity index (χ2n) is 7.99. The lowest BCUT2D eigenvalue weighted by Crippen LogP contribution is -2.48. The van der Waals surface area contributed by atoms with Gasteiger partial charge in [0.1, 0.15) is 0 Å². The number of nitrogens with zero attached hydrogens (tertiary/aromatic N) is 2. The number of rotatable bonds is 6. The van der Waals surface area contributed by atoms with Gasteiger partial charge in [-0.25, -0.2) is 0 Å². The Morgan fingerprint density at radius 3 is 2.86 bits per heavy atom. The zero-order valence-electron chi connectivity index (χ0n) is 16.6. The van der Waals surface area contributed by atoms with Gasteiger partial charge in [0.2, 0.25) is 0 Å². The molecule has 2 fully saturated rings. The largest absolute Gasteiger partial charge is 0.390 e. The number of hydrogen-bond acceptors (Lipinski definition) is 4. The highest BCUT2D eigenvalue weighted by Crippen LogP contribution is 2.34. The summed E-state index contributed by atoms with van der Waals surface area (Å²) >= 11 is 0. The molecule has 0 aromatic heterocycles. The van der Waals surface area contributed by atoms with Crippen LogP contribution in [0.4, 0.5) is 0 Å². The molecule has 3 N–H and O–H groups in total. The van der Waals surface area contributed by atoms with E-state index in [0.717, 1.165) is 44.9 Å². The fourth-order valence-corrected chi connectivity index (χ4v) is 4.55. The van der Waals surface area contributed by atoms with Crippen molar-refractivity contribution in [1.29, 1.82) is 0 Å². The van der Waals surface area contributed by atoms with Crippen molar-refractivity contribution in [3.05, 3.63) is 35.4 Å². The fourth-order valence-electron chi connectivity index (χ4n) is 4.55. The van der Waals surface area contributed by atoms with Crippen LogP contribution in [0, 0.1) is 0 Å². The molecule has 0 amide bonds. The summed E-state index contributed by atoms with van der Waals surface area (Å²) in [5.41, 5.74) is 2.82. The Morgan fingerprint density at radius 1 is 1.32 bits per heavy atom. The van der Waals surface area contributed by atoms with E-state index in [1.54, 1.807) is 0 Å². The molecule has 156 valence electrons. The number of aliphatic hydroxyl groups is 1. The normalized spacial score (nSPS) is 27.8. The number of benzene rings is 1. The lowest BCUT2D eigenvalue weighted by Gasteiger charge is -2.30. The molecule has 3 aliphatic rings. The maximum absolute atomic E-state index is 10.5. The van der Waals surface area contributed by atoms with Gasteiger partial charge < -0.3 is 20.5 Å². The molecule has 1 aromatic rings. The van der Waals surface area contributed by atoms with E-state index in [1.165, 1.54) is 17.5 Å². The van der Waals surface area contributed by atoms with Crippen molar-refractivity contribution in [1.82, 2.24) is 15.5 Å². The Labute approximate surface area is 185 Å². The van der Waals surface area contributed by atoms with Crippen LogP contribution in [-0.2, 0) is 17.7 Å². The van der Waals surface area contributed by atoms with Crippen LogP contribution in [0.3, 0.4) is 0 Å². The second kappa shape index (κ2) is 10.2. The summed E-state index contributed by atoms with van der Waals surface area (Å²) in [6.45, 7) is 5.86. The first-order valence-corrected chi connectivity index (χ1v) is 10.4. The third-order valence-electron chi connectivity index (χ3n) is 5.91. The number of hydrogen-bond donors (Lipinski definition) is 3. The molecule has 4 rings (SSSR count). The molecule has 0 spiro atoms. The first kappa shape index (κ1) is 21.8. The number of β-amino-alcohol motifs (C(OH)–C–C–N with tert-alkyl or cyclic N) is 1. The molecule has 6 nitrogen and oxygen atoms in total. The molecule has 2 saturated heterocycles. The van der Waals surface area contributed by atoms with Crippen molar-refractivity contribution in [2.75, 3.05) is 26.2 Å². The molecule has 0 saturated carbocycles. The van der Waals surface area contributed by atoms with Gasteiger partial charge in [-0.05, 0) is 43.7 Å². The van der Waals surface area contributed by atoms with Crippen LogP contribution >= 0.6 is 24.0 Å². The zero-order valence-corrected chi connectivity index (χ0v) is 19.0. The maximum atomic E-state index is 10.5. The third-order valence-corrected chi connectivity index (χ3v) is 5.91. The summed E-state index contributed by atoms with van der Waals surface area (Å²) in [4.78, 5) is 6.96. The smallest absolute Gasteiger partial charge is 0.191 e. The van der Waals surface area contributed by atoms with Gasteiger partial charge in [-0.15, -0.1) is 24.0 Å². The first-order valence-electron chi connectivity index (χ1n) is 10.4. The highest BCUT2D eigenvalue weighted by Gasteiger charge is 2.41. The van der Waals surface area contributed by atoms with E-state index in [2.05, 4.69) is 51.7 Å². The second-order valence-corrected chi connectivity index (χ2v) is 7.99. The molecular formula is C21H33IN4O2. The summed E-state index contributed by atoms with van der Waals surface area (Å²) in [6, 6.07) is 8.95. The molecular weight excluding hydrogens is 467 g/mol. The van der Waals surface area contributed by atoms with E-state index < -0.39 is 6.10 Å². The standard InChI is InChI=1S/C21H32N4O2.HI/c1-2-22-21(24-19-11-18-7-8-20(19)27-18)23-12-17(26)14-25-10-9-15-5-3-4-6-16(15)13-25;/h3-6,17-20,26H,2,7-14H2,1H3,(H2,22,23,24);1H. The van der Waals surface area contributed by atoms with Gasteiger partial charge in [-0.3, -0.25) is 9.89 Å². The average molecular weight is 500 g/mol. The van der Waals surface area contributed by atoms with Crippen LogP contribution in [-0.4, -0.2) is 66.5 Å². The first-order chi connectivity index (χ1) is 13.2. The van der Waals surface area contributed by atoms with Crippen molar-refractivity contribution in [2.45, 2.75) is 63.5 Å². The van der Waals surface area contributed by atoms with Crippen LogP contribution in [0.1, 0.15) is 37.3 Å². The molecule has 4 atom stereocenters. The molecule has 0 aliphatic carbocycles. The summed E-state index contributed by atoms with van der Waals surface area (Å²) in [7, 11) is 0.